The first-order chi connectivity index (χ1) is 5.22. The van der Waals surface area contributed by atoms with Crippen LogP contribution in [0.15, 0.2) is 0 Å². The van der Waals surface area contributed by atoms with E-state index in [0.717, 1.165) is 0 Å². The molecular formula is C9H19NO. The molecule has 1 unspecified atom stereocenters. The second-order valence-corrected chi connectivity index (χ2v) is 3.69. The Bertz CT molecular complexity index is 114. The zero-order valence-electron chi connectivity index (χ0n) is 7.76. The highest BCUT2D eigenvalue weighted by atomic mass is 16.5. The van der Waals surface area contributed by atoms with E-state index in [1.165, 1.54) is 19.3 Å². The van der Waals surface area contributed by atoms with Crippen LogP contribution < -0.4 is 5.32 Å². The zero-order valence-corrected chi connectivity index (χ0v) is 7.76. The van der Waals surface area contributed by atoms with Crippen LogP contribution in [-0.4, -0.2) is 25.3 Å². The van der Waals surface area contributed by atoms with Crippen LogP contribution >= 0.6 is 0 Å². The minimum absolute atomic E-state index is 0.506. The molecule has 0 radical (unpaired) electrons. The number of ether oxygens (including phenoxy) is 1. The molecule has 2 atom stereocenters. The molecule has 1 aliphatic carbocycles. The Kier molecular flexibility index (Phi) is 3.34. The maximum Gasteiger partial charge on any atom is 0.0586 e. The van der Waals surface area contributed by atoms with Crippen molar-refractivity contribution in [2.45, 2.75) is 51.3 Å². The van der Waals surface area contributed by atoms with Crippen molar-refractivity contribution in [2.75, 3.05) is 7.11 Å². The van der Waals surface area contributed by atoms with Crippen LogP contribution in [0, 0.1) is 0 Å². The van der Waals surface area contributed by atoms with Gasteiger partial charge >= 0.3 is 0 Å². The molecule has 1 N–H and O–H groups in total. The summed E-state index contributed by atoms with van der Waals surface area (Å²) >= 11 is 0. The van der Waals surface area contributed by atoms with Gasteiger partial charge in [0.25, 0.3) is 0 Å². The van der Waals surface area contributed by atoms with Crippen molar-refractivity contribution >= 4 is 0 Å². The minimum atomic E-state index is 0.506. The molecule has 0 aliphatic heterocycles. The van der Waals surface area contributed by atoms with Crippen LogP contribution in [0.4, 0.5) is 0 Å². The molecule has 0 amide bonds. The lowest BCUT2D eigenvalue weighted by atomic mass is 10.2. The van der Waals surface area contributed by atoms with Crippen LogP contribution in [0.3, 0.4) is 0 Å². The molecule has 66 valence electrons. The average Bonchev–Trinajstić information content (AvgIpc) is 2.34. The molecule has 0 spiro atoms. The van der Waals surface area contributed by atoms with Gasteiger partial charge in [-0.05, 0) is 19.3 Å². The Morgan fingerprint density at radius 1 is 1.36 bits per heavy atom. The molecule has 0 saturated heterocycles. The Labute approximate surface area is 69.3 Å². The smallest absolute Gasteiger partial charge is 0.0586 e. The van der Waals surface area contributed by atoms with Gasteiger partial charge in [0, 0.05) is 19.2 Å². The van der Waals surface area contributed by atoms with Gasteiger partial charge in [-0.25, -0.2) is 0 Å². The fraction of sp³-hybridized carbons (Fsp3) is 1.00. The molecule has 1 fully saturated rings. The van der Waals surface area contributed by atoms with Gasteiger partial charge in [-0.1, -0.05) is 13.8 Å². The first-order valence-corrected chi connectivity index (χ1v) is 4.51. The predicted molar refractivity (Wildman–Crippen MR) is 46.7 cm³/mol. The third kappa shape index (κ3) is 2.80. The summed E-state index contributed by atoms with van der Waals surface area (Å²) < 4.78 is 5.28. The molecule has 0 aromatic rings. The number of hydrogen-bond acceptors (Lipinski definition) is 2. The normalized spacial score (nSPS) is 31.6. The molecule has 0 heterocycles. The third-order valence-corrected chi connectivity index (χ3v) is 2.29. The Morgan fingerprint density at radius 3 is 2.55 bits per heavy atom. The summed E-state index contributed by atoms with van der Waals surface area (Å²) in [6.45, 7) is 4.39. The van der Waals surface area contributed by atoms with Gasteiger partial charge in [0.1, 0.15) is 0 Å². The summed E-state index contributed by atoms with van der Waals surface area (Å²) in [5.41, 5.74) is 0. The second-order valence-electron chi connectivity index (χ2n) is 3.69. The van der Waals surface area contributed by atoms with Crippen molar-refractivity contribution in [3.63, 3.8) is 0 Å². The summed E-state index contributed by atoms with van der Waals surface area (Å²) in [5, 5.41) is 3.53. The SMILES string of the molecule is CO[C@H]1CCC(NC(C)C)C1. The van der Waals surface area contributed by atoms with E-state index < -0.39 is 0 Å². The molecule has 2 heteroatoms. The van der Waals surface area contributed by atoms with Gasteiger partial charge in [-0.15, -0.1) is 0 Å². The molecule has 0 bridgehead atoms. The van der Waals surface area contributed by atoms with Gasteiger partial charge in [-0.3, -0.25) is 0 Å². The number of methoxy groups -OCH3 is 1. The summed E-state index contributed by atoms with van der Waals surface area (Å²) in [7, 11) is 1.81. The predicted octanol–water partition coefficient (Wildman–Crippen LogP) is 1.55. The van der Waals surface area contributed by atoms with Crippen LogP contribution in [-0.2, 0) is 4.74 Å². The molecule has 2 nitrogen and oxygen atoms in total. The quantitative estimate of drug-likeness (QED) is 0.671. The average molecular weight is 157 g/mol. The minimum Gasteiger partial charge on any atom is -0.381 e. The lowest BCUT2D eigenvalue weighted by molar-refractivity contribution is 0.106. The first-order valence-electron chi connectivity index (χ1n) is 4.51. The molecule has 1 aliphatic rings. The van der Waals surface area contributed by atoms with Crippen molar-refractivity contribution in [2.24, 2.45) is 0 Å². The lowest BCUT2D eigenvalue weighted by Crippen LogP contribution is -2.33. The van der Waals surface area contributed by atoms with Gasteiger partial charge in [0.15, 0.2) is 0 Å². The molecule has 0 aromatic heterocycles. The highest BCUT2D eigenvalue weighted by Crippen LogP contribution is 2.21. The summed E-state index contributed by atoms with van der Waals surface area (Å²) in [4.78, 5) is 0. The topological polar surface area (TPSA) is 21.3 Å². The Morgan fingerprint density at radius 2 is 2.09 bits per heavy atom. The van der Waals surface area contributed by atoms with Crippen LogP contribution in [0.5, 0.6) is 0 Å². The van der Waals surface area contributed by atoms with E-state index in [1.54, 1.807) is 0 Å². The van der Waals surface area contributed by atoms with Crippen molar-refractivity contribution in [1.29, 1.82) is 0 Å². The number of hydrogen-bond donors (Lipinski definition) is 1. The third-order valence-electron chi connectivity index (χ3n) is 2.29. The van der Waals surface area contributed by atoms with Crippen molar-refractivity contribution in [3.05, 3.63) is 0 Å². The molecule has 11 heavy (non-hydrogen) atoms. The van der Waals surface area contributed by atoms with Crippen LogP contribution in [0.25, 0.3) is 0 Å². The maximum absolute atomic E-state index is 5.28. The summed E-state index contributed by atoms with van der Waals surface area (Å²) in [6.07, 6.45) is 4.19. The Hall–Kier alpha value is -0.0800. The van der Waals surface area contributed by atoms with Gasteiger partial charge in [0.05, 0.1) is 6.10 Å². The standard InChI is InChI=1S/C9H19NO/c1-7(2)10-8-4-5-9(6-8)11-3/h7-10H,4-6H2,1-3H3/t8?,9-/m0/s1. The number of rotatable bonds is 3. The maximum atomic E-state index is 5.28. The monoisotopic (exact) mass is 157 g/mol. The molecule has 1 rings (SSSR count). The van der Waals surface area contributed by atoms with Crippen molar-refractivity contribution in [1.82, 2.24) is 5.32 Å². The van der Waals surface area contributed by atoms with Crippen molar-refractivity contribution < 1.29 is 4.74 Å². The molecular weight excluding hydrogens is 138 g/mol. The van der Waals surface area contributed by atoms with E-state index in [1.807, 2.05) is 7.11 Å². The second kappa shape index (κ2) is 4.07. The highest BCUT2D eigenvalue weighted by molar-refractivity contribution is 4.81. The van der Waals surface area contributed by atoms with E-state index in [2.05, 4.69) is 19.2 Å². The van der Waals surface area contributed by atoms with Gasteiger partial charge in [-0.2, -0.15) is 0 Å². The summed E-state index contributed by atoms with van der Waals surface area (Å²) in [6, 6.07) is 1.30. The summed E-state index contributed by atoms with van der Waals surface area (Å²) in [5.74, 6) is 0. The van der Waals surface area contributed by atoms with E-state index in [9.17, 15) is 0 Å². The van der Waals surface area contributed by atoms with Gasteiger partial charge < -0.3 is 10.1 Å². The fourth-order valence-corrected chi connectivity index (χ4v) is 1.78. The van der Waals surface area contributed by atoms with Crippen molar-refractivity contribution in [3.8, 4) is 0 Å². The van der Waals surface area contributed by atoms with E-state index in [0.29, 0.717) is 18.2 Å². The van der Waals surface area contributed by atoms with Crippen LogP contribution in [0.1, 0.15) is 33.1 Å². The lowest BCUT2D eigenvalue weighted by Gasteiger charge is -2.15. The van der Waals surface area contributed by atoms with Gasteiger partial charge in [0.2, 0.25) is 0 Å². The highest BCUT2D eigenvalue weighted by Gasteiger charge is 2.24. The number of nitrogens with one attached hydrogen (secondary N) is 1. The van der Waals surface area contributed by atoms with E-state index in [-0.39, 0.29) is 0 Å². The van der Waals surface area contributed by atoms with Crippen LogP contribution in [0.2, 0.25) is 0 Å². The Balaban J connectivity index is 2.19. The first kappa shape index (κ1) is 9.01. The fourth-order valence-electron chi connectivity index (χ4n) is 1.78. The van der Waals surface area contributed by atoms with E-state index in [4.69, 9.17) is 4.74 Å². The van der Waals surface area contributed by atoms with E-state index >= 15 is 0 Å². The largest absolute Gasteiger partial charge is 0.381 e. The molecule has 0 aromatic carbocycles. The zero-order chi connectivity index (χ0) is 8.27. The molecule has 1 saturated carbocycles.